The van der Waals surface area contributed by atoms with E-state index in [1.165, 1.54) is 0 Å². The number of carbonyl (C=O) groups excluding carboxylic acids is 1. The smallest absolute Gasteiger partial charge is 0.464 e. The third-order valence-electron chi connectivity index (χ3n) is 1.95. The largest absolute Gasteiger partial charge is 0.573 e. The average Bonchev–Trinajstić information content (AvgIpc) is 2.28. The fourth-order valence-electron chi connectivity index (χ4n) is 1.19. The molecule has 0 radical (unpaired) electrons. The molecule has 104 valence electrons. The number of ether oxygens (including phenoxy) is 2. The Hall–Kier alpha value is -2.39. The molecule has 10 heteroatoms. The average molecular weight is 280 g/mol. The molecule has 1 aromatic heterocycles. The van der Waals surface area contributed by atoms with Crippen LogP contribution in [0.2, 0.25) is 0 Å². The Kier molecular flexibility index (Phi) is 3.92. The van der Waals surface area contributed by atoms with Crippen LogP contribution in [0, 0.1) is 17.0 Å². The first-order chi connectivity index (χ1) is 8.65. The molecule has 0 amide bonds. The standard InChI is InChI=1S/C9H7F3N2O5/c1-4-6(19-9(10,11)12)3-5(14(16)17)7(13-4)8(15)18-2/h3H,1-2H3. The second-order valence-electron chi connectivity index (χ2n) is 3.24. The van der Waals surface area contributed by atoms with E-state index in [2.05, 4.69) is 14.5 Å². The fraction of sp³-hybridized carbons (Fsp3) is 0.333. The first-order valence-corrected chi connectivity index (χ1v) is 4.66. The van der Waals surface area contributed by atoms with Crippen LogP contribution in [-0.2, 0) is 4.74 Å². The van der Waals surface area contributed by atoms with Gasteiger partial charge >= 0.3 is 18.0 Å². The molecule has 0 spiro atoms. The van der Waals surface area contributed by atoms with Crippen molar-refractivity contribution >= 4 is 11.7 Å². The van der Waals surface area contributed by atoms with E-state index in [1.807, 2.05) is 0 Å². The Bertz CT molecular complexity index is 529. The summed E-state index contributed by atoms with van der Waals surface area (Å²) < 4.78 is 44.0. The highest BCUT2D eigenvalue weighted by molar-refractivity contribution is 5.91. The van der Waals surface area contributed by atoms with Crippen LogP contribution < -0.4 is 4.74 Å². The third-order valence-corrected chi connectivity index (χ3v) is 1.95. The molecule has 0 saturated heterocycles. The maximum absolute atomic E-state index is 12.1. The van der Waals surface area contributed by atoms with Crippen molar-refractivity contribution < 1.29 is 32.4 Å². The number of nitro groups is 1. The summed E-state index contributed by atoms with van der Waals surface area (Å²) in [4.78, 5) is 24.3. The zero-order chi connectivity index (χ0) is 14.8. The fourth-order valence-corrected chi connectivity index (χ4v) is 1.19. The van der Waals surface area contributed by atoms with E-state index in [4.69, 9.17) is 0 Å². The Balaban J connectivity index is 3.37. The van der Waals surface area contributed by atoms with E-state index >= 15 is 0 Å². The number of hydrogen-bond acceptors (Lipinski definition) is 6. The molecule has 0 atom stereocenters. The highest BCUT2D eigenvalue weighted by Crippen LogP contribution is 2.30. The number of halogens is 3. The molecule has 0 unspecified atom stereocenters. The number of aromatic nitrogens is 1. The predicted molar refractivity (Wildman–Crippen MR) is 53.7 cm³/mol. The van der Waals surface area contributed by atoms with Gasteiger partial charge in [0.25, 0.3) is 0 Å². The lowest BCUT2D eigenvalue weighted by Crippen LogP contribution is -2.19. The molecule has 19 heavy (non-hydrogen) atoms. The molecule has 0 fully saturated rings. The zero-order valence-electron chi connectivity index (χ0n) is 9.65. The highest BCUT2D eigenvalue weighted by atomic mass is 19.4. The second kappa shape index (κ2) is 5.08. The first kappa shape index (κ1) is 14.7. The summed E-state index contributed by atoms with van der Waals surface area (Å²) in [5.74, 6) is -1.99. The van der Waals surface area contributed by atoms with Gasteiger partial charge < -0.3 is 9.47 Å². The minimum Gasteiger partial charge on any atom is -0.464 e. The van der Waals surface area contributed by atoms with Crippen LogP contribution in [0.3, 0.4) is 0 Å². The van der Waals surface area contributed by atoms with E-state index < -0.39 is 34.4 Å². The maximum atomic E-state index is 12.1. The Morgan fingerprint density at radius 2 is 2.05 bits per heavy atom. The first-order valence-electron chi connectivity index (χ1n) is 4.66. The van der Waals surface area contributed by atoms with Gasteiger partial charge in [0.05, 0.1) is 23.8 Å². The number of rotatable bonds is 3. The van der Waals surface area contributed by atoms with Crippen molar-refractivity contribution in [1.29, 1.82) is 0 Å². The molecule has 0 aromatic carbocycles. The van der Waals surface area contributed by atoms with Gasteiger partial charge in [0.2, 0.25) is 5.69 Å². The van der Waals surface area contributed by atoms with Crippen molar-refractivity contribution in [2.75, 3.05) is 7.11 Å². The van der Waals surface area contributed by atoms with E-state index in [-0.39, 0.29) is 5.69 Å². The summed E-state index contributed by atoms with van der Waals surface area (Å²) in [7, 11) is 0.962. The van der Waals surface area contributed by atoms with Crippen molar-refractivity contribution in [3.63, 3.8) is 0 Å². The third kappa shape index (κ3) is 3.53. The lowest BCUT2D eigenvalue weighted by Gasteiger charge is -2.11. The predicted octanol–water partition coefficient (Wildman–Crippen LogP) is 1.98. The van der Waals surface area contributed by atoms with E-state index in [9.17, 15) is 28.1 Å². The second-order valence-corrected chi connectivity index (χ2v) is 3.24. The Labute approximate surface area is 104 Å². The molecule has 0 bridgehead atoms. The minimum absolute atomic E-state index is 0.330. The van der Waals surface area contributed by atoms with Gasteiger partial charge in [-0.2, -0.15) is 0 Å². The van der Waals surface area contributed by atoms with Crippen LogP contribution >= 0.6 is 0 Å². The molecule has 0 aliphatic carbocycles. The summed E-state index contributed by atoms with van der Waals surface area (Å²) >= 11 is 0. The number of carbonyl (C=O) groups is 1. The minimum atomic E-state index is -5.02. The van der Waals surface area contributed by atoms with E-state index in [0.29, 0.717) is 6.07 Å². The van der Waals surface area contributed by atoms with Crippen LogP contribution in [0.1, 0.15) is 16.2 Å². The number of nitrogens with zero attached hydrogens (tertiary/aromatic N) is 2. The van der Waals surface area contributed by atoms with E-state index in [1.54, 1.807) is 0 Å². The van der Waals surface area contributed by atoms with Gasteiger partial charge in [0.15, 0.2) is 5.75 Å². The maximum Gasteiger partial charge on any atom is 0.573 e. The molecule has 0 aliphatic heterocycles. The molecular weight excluding hydrogens is 273 g/mol. The molecule has 1 aromatic rings. The van der Waals surface area contributed by atoms with Gasteiger partial charge in [0, 0.05) is 0 Å². The molecule has 0 aliphatic rings. The topological polar surface area (TPSA) is 91.6 Å². The van der Waals surface area contributed by atoms with Gasteiger partial charge in [-0.15, -0.1) is 13.2 Å². The number of hydrogen-bond donors (Lipinski definition) is 0. The summed E-state index contributed by atoms with van der Waals surface area (Å²) in [5.41, 5.74) is -1.96. The van der Waals surface area contributed by atoms with Crippen molar-refractivity contribution in [3.05, 3.63) is 27.6 Å². The van der Waals surface area contributed by atoms with Crippen LogP contribution in [0.5, 0.6) is 5.75 Å². The van der Waals surface area contributed by atoms with Crippen LogP contribution in [-0.4, -0.2) is 29.3 Å². The lowest BCUT2D eigenvalue weighted by molar-refractivity contribution is -0.385. The SMILES string of the molecule is COC(=O)c1nc(C)c(OC(F)(F)F)cc1[N+](=O)[O-]. The highest BCUT2D eigenvalue weighted by Gasteiger charge is 2.34. The summed E-state index contributed by atoms with van der Waals surface area (Å²) in [5, 5.41) is 10.7. The van der Waals surface area contributed by atoms with Crippen molar-refractivity contribution in [3.8, 4) is 5.75 Å². The number of aryl methyl sites for hydroxylation is 1. The lowest BCUT2D eigenvalue weighted by atomic mass is 10.2. The molecule has 0 N–H and O–H groups in total. The van der Waals surface area contributed by atoms with Gasteiger partial charge in [0.1, 0.15) is 0 Å². The summed E-state index contributed by atoms with van der Waals surface area (Å²) in [6.07, 6.45) is -5.02. The molecule has 1 rings (SSSR count). The number of esters is 1. The number of pyridine rings is 1. The van der Waals surface area contributed by atoms with Crippen LogP contribution in [0.15, 0.2) is 6.07 Å². The molecular formula is C9H7F3N2O5. The molecule has 1 heterocycles. The zero-order valence-corrected chi connectivity index (χ0v) is 9.65. The van der Waals surface area contributed by atoms with Gasteiger partial charge in [-0.25, -0.2) is 9.78 Å². The number of alkyl halides is 3. The van der Waals surface area contributed by atoms with Crippen molar-refractivity contribution in [2.24, 2.45) is 0 Å². The molecule has 7 nitrogen and oxygen atoms in total. The van der Waals surface area contributed by atoms with Crippen molar-refractivity contribution in [1.82, 2.24) is 4.98 Å². The normalized spacial score (nSPS) is 11.0. The van der Waals surface area contributed by atoms with Gasteiger partial charge in [-0.1, -0.05) is 0 Å². The van der Waals surface area contributed by atoms with Gasteiger partial charge in [-0.3, -0.25) is 10.1 Å². The Morgan fingerprint density at radius 1 is 1.47 bits per heavy atom. The van der Waals surface area contributed by atoms with E-state index in [0.717, 1.165) is 14.0 Å². The quantitative estimate of drug-likeness (QED) is 0.477. The van der Waals surface area contributed by atoms with Crippen LogP contribution in [0.25, 0.3) is 0 Å². The number of methoxy groups -OCH3 is 1. The molecule has 0 saturated carbocycles. The monoisotopic (exact) mass is 280 g/mol. The summed E-state index contributed by atoms with van der Waals surface area (Å²) in [6.45, 7) is 1.11. The Morgan fingerprint density at radius 3 is 2.47 bits per heavy atom. The summed E-state index contributed by atoms with van der Waals surface area (Å²) in [6, 6.07) is 0.474. The van der Waals surface area contributed by atoms with Crippen molar-refractivity contribution in [2.45, 2.75) is 13.3 Å². The van der Waals surface area contributed by atoms with Gasteiger partial charge in [-0.05, 0) is 6.92 Å². The van der Waals surface area contributed by atoms with Crippen LogP contribution in [0.4, 0.5) is 18.9 Å².